The number of halogens is 1. The largest absolute Gasteiger partial charge is 0.334 e. The summed E-state index contributed by atoms with van der Waals surface area (Å²) in [6, 6.07) is 13.2. The van der Waals surface area contributed by atoms with Crippen molar-refractivity contribution in [3.8, 4) is 11.5 Å². The summed E-state index contributed by atoms with van der Waals surface area (Å²) in [6.07, 6.45) is 0. The molecule has 0 saturated carbocycles. The Bertz CT molecular complexity index is 935. The number of benzene rings is 2. The standard InChI is InChI=1S/C16H14ClN3O3S/c1-11-19-16(23-20-11)13-4-2-12(3-5-13)10-18-24(21,22)15-8-6-14(17)7-9-15/h2-9,18H,10H2,1H3. The van der Waals surface area contributed by atoms with Crippen LogP contribution >= 0.6 is 11.6 Å². The number of nitrogens with zero attached hydrogens (tertiary/aromatic N) is 2. The van der Waals surface area contributed by atoms with Crippen molar-refractivity contribution in [3.63, 3.8) is 0 Å². The molecule has 8 heteroatoms. The molecule has 0 saturated heterocycles. The van der Waals surface area contributed by atoms with Crippen molar-refractivity contribution in [2.45, 2.75) is 18.4 Å². The Hall–Kier alpha value is -2.22. The van der Waals surface area contributed by atoms with Crippen molar-refractivity contribution in [2.24, 2.45) is 0 Å². The zero-order valence-electron chi connectivity index (χ0n) is 12.7. The number of hydrogen-bond donors (Lipinski definition) is 1. The number of nitrogens with one attached hydrogen (secondary N) is 1. The molecule has 1 heterocycles. The van der Waals surface area contributed by atoms with Crippen LogP contribution in [0.2, 0.25) is 5.02 Å². The molecule has 0 unspecified atom stereocenters. The molecule has 0 bridgehead atoms. The fourth-order valence-corrected chi connectivity index (χ4v) is 3.20. The number of aryl methyl sites for hydroxylation is 1. The van der Waals surface area contributed by atoms with E-state index in [0.29, 0.717) is 16.7 Å². The zero-order chi connectivity index (χ0) is 17.2. The van der Waals surface area contributed by atoms with Crippen molar-refractivity contribution in [3.05, 3.63) is 64.9 Å². The molecule has 0 fully saturated rings. The van der Waals surface area contributed by atoms with Gasteiger partial charge in [0.2, 0.25) is 10.0 Å². The van der Waals surface area contributed by atoms with Crippen LogP contribution in [0.5, 0.6) is 0 Å². The van der Waals surface area contributed by atoms with Gasteiger partial charge in [-0.25, -0.2) is 13.1 Å². The molecule has 0 spiro atoms. The highest BCUT2D eigenvalue weighted by atomic mass is 35.5. The van der Waals surface area contributed by atoms with E-state index in [1.54, 1.807) is 31.2 Å². The van der Waals surface area contributed by atoms with Gasteiger partial charge >= 0.3 is 0 Å². The number of sulfonamides is 1. The summed E-state index contributed by atoms with van der Waals surface area (Å²) in [5.41, 5.74) is 1.59. The van der Waals surface area contributed by atoms with Gasteiger partial charge in [0.15, 0.2) is 5.82 Å². The third-order valence-electron chi connectivity index (χ3n) is 3.32. The van der Waals surface area contributed by atoms with Crippen molar-refractivity contribution in [1.82, 2.24) is 14.9 Å². The van der Waals surface area contributed by atoms with E-state index < -0.39 is 10.0 Å². The van der Waals surface area contributed by atoms with Gasteiger partial charge in [0.1, 0.15) is 0 Å². The monoisotopic (exact) mass is 363 g/mol. The number of rotatable bonds is 5. The Balaban J connectivity index is 1.69. The molecule has 0 amide bonds. The topological polar surface area (TPSA) is 85.1 Å². The first-order valence-corrected chi connectivity index (χ1v) is 8.95. The van der Waals surface area contributed by atoms with Crippen LogP contribution in [0.15, 0.2) is 57.9 Å². The summed E-state index contributed by atoms with van der Waals surface area (Å²) in [4.78, 5) is 4.31. The first-order chi connectivity index (χ1) is 11.4. The van der Waals surface area contributed by atoms with E-state index in [9.17, 15) is 8.42 Å². The zero-order valence-corrected chi connectivity index (χ0v) is 14.3. The van der Waals surface area contributed by atoms with Crippen molar-refractivity contribution >= 4 is 21.6 Å². The molecule has 1 aromatic heterocycles. The Morgan fingerprint density at radius 3 is 2.33 bits per heavy atom. The van der Waals surface area contributed by atoms with Crippen LogP contribution in [0.1, 0.15) is 11.4 Å². The molecule has 0 radical (unpaired) electrons. The molecule has 0 aliphatic rings. The lowest BCUT2D eigenvalue weighted by molar-refractivity contribution is 0.425. The Morgan fingerprint density at radius 1 is 1.08 bits per heavy atom. The second-order valence-corrected chi connectivity index (χ2v) is 7.33. The molecular formula is C16H14ClN3O3S. The lowest BCUT2D eigenvalue weighted by Gasteiger charge is -2.07. The fraction of sp³-hybridized carbons (Fsp3) is 0.125. The van der Waals surface area contributed by atoms with E-state index in [1.165, 1.54) is 24.3 Å². The highest BCUT2D eigenvalue weighted by Crippen LogP contribution is 2.18. The normalized spacial score (nSPS) is 11.6. The van der Waals surface area contributed by atoms with Gasteiger partial charge in [0, 0.05) is 17.1 Å². The maximum absolute atomic E-state index is 12.2. The predicted molar refractivity (Wildman–Crippen MR) is 89.9 cm³/mol. The summed E-state index contributed by atoms with van der Waals surface area (Å²) in [6.45, 7) is 1.92. The minimum atomic E-state index is -3.58. The summed E-state index contributed by atoms with van der Waals surface area (Å²) in [7, 11) is -3.58. The summed E-state index contributed by atoms with van der Waals surface area (Å²) in [5.74, 6) is 0.991. The molecule has 0 aliphatic heterocycles. The third-order valence-corrected chi connectivity index (χ3v) is 4.99. The molecule has 3 rings (SSSR count). The van der Waals surface area contributed by atoms with Gasteiger partial charge in [0.25, 0.3) is 5.89 Å². The van der Waals surface area contributed by atoms with Crippen LogP contribution in [0, 0.1) is 6.92 Å². The fourth-order valence-electron chi connectivity index (χ4n) is 2.05. The predicted octanol–water partition coefficient (Wildman–Crippen LogP) is 3.18. The van der Waals surface area contributed by atoms with E-state index in [0.717, 1.165) is 11.1 Å². The van der Waals surface area contributed by atoms with Gasteiger partial charge in [-0.05, 0) is 48.9 Å². The minimum absolute atomic E-state index is 0.171. The first-order valence-electron chi connectivity index (χ1n) is 7.09. The number of hydrogen-bond acceptors (Lipinski definition) is 5. The number of aromatic nitrogens is 2. The van der Waals surface area contributed by atoms with Crippen LogP contribution < -0.4 is 4.72 Å². The average Bonchev–Trinajstić information content (AvgIpc) is 3.00. The molecule has 24 heavy (non-hydrogen) atoms. The van der Waals surface area contributed by atoms with Crippen molar-refractivity contribution < 1.29 is 12.9 Å². The quantitative estimate of drug-likeness (QED) is 0.752. The van der Waals surface area contributed by atoms with Crippen LogP contribution in [0.4, 0.5) is 0 Å². The maximum atomic E-state index is 12.2. The molecular weight excluding hydrogens is 350 g/mol. The second kappa shape index (κ2) is 6.72. The molecule has 0 aliphatic carbocycles. The van der Waals surface area contributed by atoms with Gasteiger partial charge in [-0.15, -0.1) is 0 Å². The Morgan fingerprint density at radius 2 is 1.75 bits per heavy atom. The van der Waals surface area contributed by atoms with E-state index in [-0.39, 0.29) is 11.4 Å². The van der Waals surface area contributed by atoms with E-state index in [1.807, 2.05) is 0 Å². The lowest BCUT2D eigenvalue weighted by Crippen LogP contribution is -2.23. The first kappa shape index (κ1) is 16.6. The molecule has 2 aromatic carbocycles. The summed E-state index contributed by atoms with van der Waals surface area (Å²) >= 11 is 5.77. The van der Waals surface area contributed by atoms with Gasteiger partial charge in [-0.2, -0.15) is 4.98 Å². The van der Waals surface area contributed by atoms with Crippen molar-refractivity contribution in [1.29, 1.82) is 0 Å². The van der Waals surface area contributed by atoms with Gasteiger partial charge in [-0.1, -0.05) is 28.9 Å². The molecule has 1 N–H and O–H groups in total. The van der Waals surface area contributed by atoms with E-state index in [2.05, 4.69) is 14.9 Å². The SMILES string of the molecule is Cc1noc(-c2ccc(CNS(=O)(=O)c3ccc(Cl)cc3)cc2)n1. The highest BCUT2D eigenvalue weighted by molar-refractivity contribution is 7.89. The average molecular weight is 364 g/mol. The second-order valence-electron chi connectivity index (χ2n) is 5.12. The maximum Gasteiger partial charge on any atom is 0.257 e. The van der Waals surface area contributed by atoms with Gasteiger partial charge < -0.3 is 4.52 Å². The van der Waals surface area contributed by atoms with Crippen LogP contribution in [-0.2, 0) is 16.6 Å². The van der Waals surface area contributed by atoms with E-state index >= 15 is 0 Å². The summed E-state index contributed by atoms with van der Waals surface area (Å²) in [5, 5.41) is 4.22. The third kappa shape index (κ3) is 3.81. The Kier molecular flexibility index (Phi) is 4.66. The van der Waals surface area contributed by atoms with Crippen molar-refractivity contribution in [2.75, 3.05) is 0 Å². The molecule has 3 aromatic rings. The molecule has 124 valence electrons. The smallest absolute Gasteiger partial charge is 0.257 e. The summed E-state index contributed by atoms with van der Waals surface area (Å²) < 4.78 is 32.1. The lowest BCUT2D eigenvalue weighted by atomic mass is 10.1. The highest BCUT2D eigenvalue weighted by Gasteiger charge is 2.13. The van der Waals surface area contributed by atoms with Crippen LogP contribution in [0.3, 0.4) is 0 Å². The van der Waals surface area contributed by atoms with Crippen LogP contribution in [-0.4, -0.2) is 18.6 Å². The van der Waals surface area contributed by atoms with Crippen LogP contribution in [0.25, 0.3) is 11.5 Å². The van der Waals surface area contributed by atoms with Gasteiger partial charge in [-0.3, -0.25) is 0 Å². The molecule has 6 nitrogen and oxygen atoms in total. The van der Waals surface area contributed by atoms with Gasteiger partial charge in [0.05, 0.1) is 4.90 Å². The van der Waals surface area contributed by atoms with E-state index in [4.69, 9.17) is 16.1 Å². The molecule has 0 atom stereocenters. The Labute approximate surface area is 144 Å². The minimum Gasteiger partial charge on any atom is -0.334 e.